The number of carbonyl (C=O) groups excluding carboxylic acids is 2. The van der Waals surface area contributed by atoms with E-state index >= 15 is 0 Å². The van der Waals surface area contributed by atoms with E-state index in [0.717, 1.165) is 5.56 Å². The highest BCUT2D eigenvalue weighted by Gasteiger charge is 2.40. The zero-order chi connectivity index (χ0) is 19.4. The molecule has 0 spiro atoms. The Balaban J connectivity index is 1.93. The standard InChI is InChI=1S/C18H23F3O5/c1-14-6-8-15(9-7-14)16(22)25-12-4-2-10-24-11-3-5-13-26-17(23)18(19,20)21/h6-9H,2-5,10-13H2,1H3. The lowest BCUT2D eigenvalue weighted by molar-refractivity contribution is -0.199. The summed E-state index contributed by atoms with van der Waals surface area (Å²) in [5.41, 5.74) is 1.58. The van der Waals surface area contributed by atoms with Gasteiger partial charge in [0.25, 0.3) is 0 Å². The van der Waals surface area contributed by atoms with Gasteiger partial charge >= 0.3 is 18.1 Å². The lowest BCUT2D eigenvalue weighted by Crippen LogP contribution is -2.25. The number of unbranched alkanes of at least 4 members (excludes halogenated alkanes) is 2. The highest BCUT2D eigenvalue weighted by Crippen LogP contribution is 2.16. The molecule has 0 fully saturated rings. The Kier molecular flexibility index (Phi) is 9.72. The number of hydrogen-bond acceptors (Lipinski definition) is 5. The summed E-state index contributed by atoms with van der Waals surface area (Å²) in [6, 6.07) is 7.11. The molecule has 0 aromatic heterocycles. The number of carbonyl (C=O) groups is 2. The Morgan fingerprint density at radius 3 is 1.88 bits per heavy atom. The predicted molar refractivity (Wildman–Crippen MR) is 87.8 cm³/mol. The molecule has 8 heteroatoms. The SMILES string of the molecule is Cc1ccc(C(=O)OCCCCOCCCCOC(=O)C(F)(F)F)cc1. The fourth-order valence-electron chi connectivity index (χ4n) is 1.90. The summed E-state index contributed by atoms with van der Waals surface area (Å²) in [7, 11) is 0. The van der Waals surface area contributed by atoms with Crippen LogP contribution < -0.4 is 0 Å². The molecule has 0 bridgehead atoms. The second-order valence-electron chi connectivity index (χ2n) is 5.66. The van der Waals surface area contributed by atoms with E-state index in [1.807, 2.05) is 19.1 Å². The first kappa shape index (κ1) is 22.0. The molecule has 0 saturated heterocycles. The molecule has 26 heavy (non-hydrogen) atoms. The molecule has 0 aliphatic rings. The Bertz CT molecular complexity index is 555. The number of rotatable bonds is 11. The van der Waals surface area contributed by atoms with E-state index in [-0.39, 0.29) is 12.6 Å². The van der Waals surface area contributed by atoms with Crippen LogP contribution in [-0.4, -0.2) is 44.5 Å². The normalized spacial score (nSPS) is 11.2. The molecule has 1 aromatic rings. The third-order valence-electron chi connectivity index (χ3n) is 3.35. The molecule has 0 heterocycles. The van der Waals surface area contributed by atoms with Crippen LogP contribution in [0.3, 0.4) is 0 Å². The number of halogens is 3. The second kappa shape index (κ2) is 11.5. The van der Waals surface area contributed by atoms with Gasteiger partial charge in [-0.1, -0.05) is 17.7 Å². The molecule has 0 unspecified atom stereocenters. The maximum atomic E-state index is 11.9. The van der Waals surface area contributed by atoms with Gasteiger partial charge in [0.05, 0.1) is 18.8 Å². The van der Waals surface area contributed by atoms with E-state index in [1.165, 1.54) is 0 Å². The molecule has 0 N–H and O–H groups in total. The van der Waals surface area contributed by atoms with Gasteiger partial charge in [-0.25, -0.2) is 9.59 Å². The maximum absolute atomic E-state index is 11.9. The van der Waals surface area contributed by atoms with Gasteiger partial charge in [0.2, 0.25) is 0 Å². The Morgan fingerprint density at radius 1 is 0.846 bits per heavy atom. The Labute approximate surface area is 150 Å². The summed E-state index contributed by atoms with van der Waals surface area (Å²) >= 11 is 0. The number of benzene rings is 1. The van der Waals surface area contributed by atoms with E-state index < -0.39 is 12.1 Å². The topological polar surface area (TPSA) is 61.8 Å². The van der Waals surface area contributed by atoms with Crippen LogP contribution in [0, 0.1) is 6.92 Å². The van der Waals surface area contributed by atoms with Gasteiger partial charge in [-0.05, 0) is 44.7 Å². The van der Waals surface area contributed by atoms with E-state index in [9.17, 15) is 22.8 Å². The third-order valence-corrected chi connectivity index (χ3v) is 3.35. The number of hydrogen-bond donors (Lipinski definition) is 0. The van der Waals surface area contributed by atoms with Crippen molar-refractivity contribution in [1.82, 2.24) is 0 Å². The van der Waals surface area contributed by atoms with Crippen LogP contribution in [0.1, 0.15) is 41.6 Å². The van der Waals surface area contributed by atoms with Crippen molar-refractivity contribution < 1.29 is 37.0 Å². The van der Waals surface area contributed by atoms with Crippen molar-refractivity contribution in [2.45, 2.75) is 38.8 Å². The first-order valence-electron chi connectivity index (χ1n) is 8.36. The largest absolute Gasteiger partial charge is 0.490 e. The van der Waals surface area contributed by atoms with Crippen molar-refractivity contribution in [3.8, 4) is 0 Å². The van der Waals surface area contributed by atoms with Crippen molar-refractivity contribution in [2.75, 3.05) is 26.4 Å². The zero-order valence-corrected chi connectivity index (χ0v) is 14.6. The quantitative estimate of drug-likeness (QED) is 0.434. The van der Waals surface area contributed by atoms with Crippen molar-refractivity contribution in [2.24, 2.45) is 0 Å². The zero-order valence-electron chi connectivity index (χ0n) is 14.6. The maximum Gasteiger partial charge on any atom is 0.490 e. The van der Waals surface area contributed by atoms with Crippen LogP contribution in [0.15, 0.2) is 24.3 Å². The minimum absolute atomic E-state index is 0.281. The highest BCUT2D eigenvalue weighted by atomic mass is 19.4. The molecule has 146 valence electrons. The molecule has 0 atom stereocenters. The van der Waals surface area contributed by atoms with Gasteiger partial charge in [0.15, 0.2) is 0 Å². The first-order chi connectivity index (χ1) is 12.3. The summed E-state index contributed by atoms with van der Waals surface area (Å²) in [6.07, 6.45) is -2.80. The van der Waals surface area contributed by atoms with E-state index in [0.29, 0.717) is 51.1 Å². The number of ether oxygens (including phenoxy) is 3. The number of aryl methyl sites for hydroxylation is 1. The van der Waals surface area contributed by atoms with Gasteiger partial charge in [-0.15, -0.1) is 0 Å². The van der Waals surface area contributed by atoms with Crippen LogP contribution in [0.5, 0.6) is 0 Å². The molecular formula is C18H23F3O5. The summed E-state index contributed by atoms with van der Waals surface area (Å²) in [4.78, 5) is 22.2. The molecule has 0 aliphatic heterocycles. The third kappa shape index (κ3) is 9.41. The second-order valence-corrected chi connectivity index (χ2v) is 5.66. The smallest absolute Gasteiger partial charge is 0.462 e. The fraction of sp³-hybridized carbons (Fsp3) is 0.556. The number of esters is 2. The summed E-state index contributed by atoms with van der Waals surface area (Å²) in [6.45, 7) is 2.78. The average molecular weight is 376 g/mol. The monoisotopic (exact) mass is 376 g/mol. The Hall–Kier alpha value is -2.09. The van der Waals surface area contributed by atoms with Crippen LogP contribution >= 0.6 is 0 Å². The van der Waals surface area contributed by atoms with Crippen molar-refractivity contribution >= 4 is 11.9 Å². The molecule has 1 rings (SSSR count). The van der Waals surface area contributed by atoms with Crippen LogP contribution in [0.4, 0.5) is 13.2 Å². The molecule has 0 amide bonds. The molecule has 0 saturated carbocycles. The van der Waals surface area contributed by atoms with E-state index in [2.05, 4.69) is 4.74 Å². The highest BCUT2D eigenvalue weighted by molar-refractivity contribution is 5.89. The van der Waals surface area contributed by atoms with Crippen molar-refractivity contribution in [3.63, 3.8) is 0 Å². The summed E-state index contributed by atoms with van der Waals surface area (Å²) in [5, 5.41) is 0. The molecule has 1 aromatic carbocycles. The van der Waals surface area contributed by atoms with Gasteiger partial charge < -0.3 is 14.2 Å². The summed E-state index contributed by atoms with van der Waals surface area (Å²) in [5.74, 6) is -2.53. The van der Waals surface area contributed by atoms with Crippen molar-refractivity contribution in [1.29, 1.82) is 0 Å². The molecule has 5 nitrogen and oxygen atoms in total. The van der Waals surface area contributed by atoms with Crippen molar-refractivity contribution in [3.05, 3.63) is 35.4 Å². The average Bonchev–Trinajstić information content (AvgIpc) is 2.59. The number of alkyl halides is 3. The fourth-order valence-corrected chi connectivity index (χ4v) is 1.90. The minimum Gasteiger partial charge on any atom is -0.462 e. The van der Waals surface area contributed by atoms with Crippen LogP contribution in [-0.2, 0) is 19.0 Å². The van der Waals surface area contributed by atoms with E-state index in [1.54, 1.807) is 12.1 Å². The molecule has 0 radical (unpaired) electrons. The lowest BCUT2D eigenvalue weighted by atomic mass is 10.1. The molecule has 0 aliphatic carbocycles. The van der Waals surface area contributed by atoms with Crippen LogP contribution in [0.25, 0.3) is 0 Å². The summed E-state index contributed by atoms with van der Waals surface area (Å²) < 4.78 is 50.1. The Morgan fingerprint density at radius 2 is 1.35 bits per heavy atom. The lowest BCUT2D eigenvalue weighted by Gasteiger charge is -2.08. The van der Waals surface area contributed by atoms with Gasteiger partial charge in [0.1, 0.15) is 0 Å². The van der Waals surface area contributed by atoms with Crippen LogP contribution in [0.2, 0.25) is 0 Å². The van der Waals surface area contributed by atoms with Gasteiger partial charge in [0, 0.05) is 13.2 Å². The predicted octanol–water partition coefficient (Wildman–Crippen LogP) is 3.83. The van der Waals surface area contributed by atoms with Gasteiger partial charge in [-0.3, -0.25) is 0 Å². The minimum atomic E-state index is -4.95. The van der Waals surface area contributed by atoms with Gasteiger partial charge in [-0.2, -0.15) is 13.2 Å². The van der Waals surface area contributed by atoms with E-state index in [4.69, 9.17) is 9.47 Å². The molecular weight excluding hydrogens is 353 g/mol. The first-order valence-corrected chi connectivity index (χ1v) is 8.36.